The lowest BCUT2D eigenvalue weighted by Crippen LogP contribution is -2.76. The van der Waals surface area contributed by atoms with E-state index in [0.29, 0.717) is 5.75 Å². The Labute approximate surface area is 299 Å². The zero-order valence-electron chi connectivity index (χ0n) is 27.1. The average Bonchev–Trinajstić information content (AvgIpc) is 3.08. The number of carbonyl (C=O) groups excluding carboxylic acids is 1. The van der Waals surface area contributed by atoms with Gasteiger partial charge < -0.3 is 9.47 Å². The molecular formula is C30H23F21O3S. The number of carbonyl (C=O) groups is 1. The van der Waals surface area contributed by atoms with Crippen molar-refractivity contribution in [2.75, 3.05) is 12.9 Å². The van der Waals surface area contributed by atoms with Crippen LogP contribution in [0.5, 0.6) is 5.75 Å². The number of thioether (sulfide) groups is 1. The zero-order valence-corrected chi connectivity index (χ0v) is 27.9. The SMILES string of the molecule is COc1ccc(SCC(C)C(=O)OCc2ccc(CCC(F)(F)C(F)(F)C(F)(F)C(F)(F)C(F)(F)C(F)(F)C(F)(F)C(F)(F)C(F)(F)C(F)(F)F)cc2)cc1. The Morgan fingerprint density at radius 1 is 0.564 bits per heavy atom. The Bertz CT molecular complexity index is 1610. The largest absolute Gasteiger partial charge is 0.497 e. The molecule has 0 aromatic heterocycles. The highest BCUT2D eigenvalue weighted by Crippen LogP contribution is 2.66. The van der Waals surface area contributed by atoms with Crippen LogP contribution in [-0.2, 0) is 22.6 Å². The predicted molar refractivity (Wildman–Crippen MR) is 148 cm³/mol. The van der Waals surface area contributed by atoms with Gasteiger partial charge in [-0.25, -0.2) is 0 Å². The standard InChI is InChI=1S/C30H23F21O3S/c1-15(14-55-19-9-7-18(53-2)8-10-19)20(52)54-13-17-5-3-16(4-6-17)11-12-21(31,32)22(33,34)23(35,36)24(37,38)25(39,40)26(41,42)27(43,44)28(45,46)29(47,48)30(49,50)51/h3-10,15H,11-14H2,1-2H3. The predicted octanol–water partition coefficient (Wildman–Crippen LogP) is 11.4. The van der Waals surface area contributed by atoms with Crippen molar-refractivity contribution in [3.8, 4) is 5.75 Å². The van der Waals surface area contributed by atoms with Gasteiger partial charge in [0.15, 0.2) is 0 Å². The van der Waals surface area contributed by atoms with Crippen molar-refractivity contribution in [1.29, 1.82) is 0 Å². The normalized spacial score (nSPS) is 15.2. The first-order valence-electron chi connectivity index (χ1n) is 14.5. The smallest absolute Gasteiger partial charge is 0.460 e. The number of hydrogen-bond donors (Lipinski definition) is 0. The van der Waals surface area contributed by atoms with Crippen molar-refractivity contribution < 1.29 is 106 Å². The minimum Gasteiger partial charge on any atom is -0.497 e. The quantitative estimate of drug-likeness (QED) is 0.0850. The van der Waals surface area contributed by atoms with Crippen molar-refractivity contribution in [2.45, 2.75) is 90.7 Å². The van der Waals surface area contributed by atoms with Gasteiger partial charge in [0, 0.05) is 17.1 Å². The highest BCUT2D eigenvalue weighted by molar-refractivity contribution is 7.99. The summed E-state index contributed by atoms with van der Waals surface area (Å²) in [7, 11) is 1.45. The van der Waals surface area contributed by atoms with Gasteiger partial charge in [0.25, 0.3) is 0 Å². The number of alkyl halides is 21. The highest BCUT2D eigenvalue weighted by Gasteiger charge is 2.97. The van der Waals surface area contributed by atoms with Crippen molar-refractivity contribution in [3.05, 3.63) is 59.7 Å². The van der Waals surface area contributed by atoms with Crippen LogP contribution in [0, 0.1) is 5.92 Å². The van der Waals surface area contributed by atoms with Crippen molar-refractivity contribution in [3.63, 3.8) is 0 Å². The summed E-state index contributed by atoms with van der Waals surface area (Å²) in [6.45, 7) is 1.02. The molecule has 0 aliphatic heterocycles. The van der Waals surface area contributed by atoms with E-state index in [1.165, 1.54) is 25.8 Å². The van der Waals surface area contributed by atoms with Crippen LogP contribution in [0.25, 0.3) is 0 Å². The molecule has 0 bridgehead atoms. The Morgan fingerprint density at radius 3 is 1.35 bits per heavy atom. The van der Waals surface area contributed by atoms with Crippen LogP contribution in [0.1, 0.15) is 24.5 Å². The van der Waals surface area contributed by atoms with Gasteiger partial charge >= 0.3 is 65.4 Å². The average molecular weight is 863 g/mol. The van der Waals surface area contributed by atoms with Gasteiger partial charge in [-0.2, -0.15) is 92.2 Å². The van der Waals surface area contributed by atoms with E-state index in [1.807, 2.05) is 0 Å². The molecule has 0 N–H and O–H groups in total. The second kappa shape index (κ2) is 15.5. The summed E-state index contributed by atoms with van der Waals surface area (Å²) in [6, 6.07) is 10.3. The van der Waals surface area contributed by atoms with Crippen molar-refractivity contribution in [1.82, 2.24) is 0 Å². The van der Waals surface area contributed by atoms with Crippen molar-refractivity contribution >= 4 is 17.7 Å². The van der Waals surface area contributed by atoms with Gasteiger partial charge in [-0.05, 0) is 41.8 Å². The molecule has 314 valence electrons. The summed E-state index contributed by atoms with van der Waals surface area (Å²) in [5.74, 6) is -77.8. The molecule has 1 atom stereocenters. The molecule has 0 saturated heterocycles. The van der Waals surface area contributed by atoms with Crippen LogP contribution in [-0.4, -0.2) is 78.3 Å². The summed E-state index contributed by atoms with van der Waals surface area (Å²) in [6.07, 6.45) is -12.3. The summed E-state index contributed by atoms with van der Waals surface area (Å²) >= 11 is 1.27. The Morgan fingerprint density at radius 2 is 0.945 bits per heavy atom. The Kier molecular flexibility index (Phi) is 13.5. The fourth-order valence-corrected chi connectivity index (χ4v) is 5.02. The second-order valence-corrected chi connectivity index (χ2v) is 12.7. The number of ether oxygens (including phenoxy) is 2. The number of methoxy groups -OCH3 is 1. The van der Waals surface area contributed by atoms with E-state index < -0.39 is 96.4 Å². The molecule has 0 aliphatic carbocycles. The minimum absolute atomic E-state index is 0.0916. The number of esters is 1. The topological polar surface area (TPSA) is 35.5 Å². The van der Waals surface area contributed by atoms with Crippen LogP contribution in [0.2, 0.25) is 0 Å². The van der Waals surface area contributed by atoms with E-state index in [9.17, 15) is 97.0 Å². The molecule has 0 saturated carbocycles. The second-order valence-electron chi connectivity index (χ2n) is 11.6. The number of aryl methyl sites for hydroxylation is 1. The van der Waals surface area contributed by atoms with Crippen LogP contribution in [0.4, 0.5) is 92.2 Å². The number of rotatable bonds is 18. The molecule has 2 rings (SSSR count). The molecule has 0 aliphatic rings. The summed E-state index contributed by atoms with van der Waals surface area (Å²) < 4.78 is 295. The van der Waals surface area contributed by atoms with E-state index in [0.717, 1.165) is 29.2 Å². The molecule has 2 aromatic rings. The van der Waals surface area contributed by atoms with Gasteiger partial charge in [0.2, 0.25) is 0 Å². The fraction of sp³-hybridized carbons (Fsp3) is 0.567. The number of halogens is 21. The molecule has 0 radical (unpaired) electrons. The maximum atomic E-state index is 14.3. The van der Waals surface area contributed by atoms with E-state index in [1.54, 1.807) is 24.3 Å². The maximum absolute atomic E-state index is 14.3. The van der Waals surface area contributed by atoms with Crippen LogP contribution in [0.15, 0.2) is 53.4 Å². The molecule has 1 unspecified atom stereocenters. The van der Waals surface area contributed by atoms with Gasteiger partial charge in [0.1, 0.15) is 12.4 Å². The lowest BCUT2D eigenvalue weighted by Gasteiger charge is -2.44. The molecule has 2 aromatic carbocycles. The molecule has 25 heteroatoms. The van der Waals surface area contributed by atoms with Crippen LogP contribution < -0.4 is 4.74 Å². The van der Waals surface area contributed by atoms with E-state index >= 15 is 0 Å². The maximum Gasteiger partial charge on any atom is 0.460 e. The van der Waals surface area contributed by atoms with E-state index in [4.69, 9.17) is 9.47 Å². The summed E-state index contributed by atoms with van der Waals surface area (Å²) in [4.78, 5) is 13.1. The van der Waals surface area contributed by atoms with Gasteiger partial charge in [0.05, 0.1) is 13.0 Å². The molecule has 0 spiro atoms. The summed E-state index contributed by atoms with van der Waals surface area (Å²) in [5, 5.41) is 0. The van der Waals surface area contributed by atoms with Crippen molar-refractivity contribution in [2.24, 2.45) is 5.92 Å². The zero-order chi connectivity index (χ0) is 43.1. The first-order valence-corrected chi connectivity index (χ1v) is 15.5. The van der Waals surface area contributed by atoms with Gasteiger partial charge in [-0.3, -0.25) is 4.79 Å². The first-order chi connectivity index (χ1) is 24.5. The monoisotopic (exact) mass is 862 g/mol. The van der Waals surface area contributed by atoms with Crippen LogP contribution >= 0.6 is 11.8 Å². The van der Waals surface area contributed by atoms with Crippen LogP contribution in [0.3, 0.4) is 0 Å². The lowest BCUT2D eigenvalue weighted by atomic mass is 9.85. The lowest BCUT2D eigenvalue weighted by molar-refractivity contribution is -0.474. The number of hydrogen-bond acceptors (Lipinski definition) is 4. The van der Waals surface area contributed by atoms with E-state index in [-0.39, 0.29) is 11.3 Å². The summed E-state index contributed by atoms with van der Waals surface area (Å²) in [5.41, 5.74) is -0.442. The van der Waals surface area contributed by atoms with Gasteiger partial charge in [-0.15, -0.1) is 11.8 Å². The molecule has 0 heterocycles. The molecule has 55 heavy (non-hydrogen) atoms. The minimum atomic E-state index is -9.21. The molecule has 0 fully saturated rings. The Hall–Kier alpha value is -3.41. The molecular weight excluding hydrogens is 839 g/mol. The highest BCUT2D eigenvalue weighted by atomic mass is 32.2. The third-order valence-electron chi connectivity index (χ3n) is 7.67. The third kappa shape index (κ3) is 8.35. The molecule has 0 amide bonds. The number of benzene rings is 2. The fourth-order valence-electron chi connectivity index (χ4n) is 4.11. The van der Waals surface area contributed by atoms with E-state index in [2.05, 4.69) is 0 Å². The van der Waals surface area contributed by atoms with Gasteiger partial charge in [-0.1, -0.05) is 31.2 Å². The Balaban J connectivity index is 2.19. The first kappa shape index (κ1) is 47.7. The third-order valence-corrected chi connectivity index (χ3v) is 8.94. The molecule has 3 nitrogen and oxygen atoms in total.